The molecule has 0 spiro atoms. The molecule has 136 valence electrons. The molecule has 0 fully saturated rings. The standard InChI is InChI=1S/C21H16BrClN2O2/c22-17-7-3-6-16(11-17)14-27-20-10-2-1-9-19(20)21(26)25-24-13-15-5-4-8-18(23)12-15/h1-13H,14H2,(H,25,26)/b24-13-. The lowest BCUT2D eigenvalue weighted by atomic mass is 10.2. The molecule has 6 heteroatoms. The van der Waals surface area contributed by atoms with Crippen molar-refractivity contribution in [3.8, 4) is 5.75 Å². The molecule has 1 N–H and O–H groups in total. The number of para-hydroxylation sites is 1. The third-order valence-corrected chi connectivity index (χ3v) is 4.37. The van der Waals surface area contributed by atoms with Crippen LogP contribution in [-0.2, 0) is 6.61 Å². The number of ether oxygens (including phenoxy) is 1. The summed E-state index contributed by atoms with van der Waals surface area (Å²) >= 11 is 9.36. The predicted molar refractivity (Wildman–Crippen MR) is 111 cm³/mol. The smallest absolute Gasteiger partial charge is 0.275 e. The highest BCUT2D eigenvalue weighted by atomic mass is 79.9. The Balaban J connectivity index is 1.66. The van der Waals surface area contributed by atoms with E-state index in [0.717, 1.165) is 15.6 Å². The van der Waals surface area contributed by atoms with Gasteiger partial charge < -0.3 is 4.74 Å². The fourth-order valence-electron chi connectivity index (χ4n) is 2.38. The van der Waals surface area contributed by atoms with Gasteiger partial charge in [0, 0.05) is 9.50 Å². The maximum atomic E-state index is 12.4. The summed E-state index contributed by atoms with van der Waals surface area (Å²) in [5.41, 5.74) is 4.72. The van der Waals surface area contributed by atoms with Crippen molar-refractivity contribution in [2.24, 2.45) is 5.10 Å². The van der Waals surface area contributed by atoms with Crippen LogP contribution in [0.4, 0.5) is 0 Å². The van der Waals surface area contributed by atoms with Gasteiger partial charge in [0.15, 0.2) is 0 Å². The Hall–Kier alpha value is -2.63. The minimum absolute atomic E-state index is 0.349. The Labute approximate surface area is 171 Å². The van der Waals surface area contributed by atoms with Gasteiger partial charge in [0.1, 0.15) is 12.4 Å². The van der Waals surface area contributed by atoms with Crippen LogP contribution in [0.15, 0.2) is 82.4 Å². The molecule has 0 atom stereocenters. The SMILES string of the molecule is O=C(N/N=C\c1cccc(Cl)c1)c1ccccc1OCc1cccc(Br)c1. The molecule has 0 heterocycles. The number of nitrogens with one attached hydrogen (secondary N) is 1. The van der Waals surface area contributed by atoms with E-state index in [1.54, 1.807) is 30.3 Å². The Morgan fingerprint density at radius 2 is 1.89 bits per heavy atom. The normalized spacial score (nSPS) is 10.7. The summed E-state index contributed by atoms with van der Waals surface area (Å²) in [6.45, 7) is 0.357. The number of amides is 1. The highest BCUT2D eigenvalue weighted by Gasteiger charge is 2.11. The van der Waals surface area contributed by atoms with E-state index in [2.05, 4.69) is 26.5 Å². The molecule has 1 amide bonds. The first-order valence-corrected chi connectivity index (χ1v) is 9.34. The second kappa shape index (κ2) is 9.35. The fourth-order valence-corrected chi connectivity index (χ4v) is 3.03. The van der Waals surface area contributed by atoms with Crippen LogP contribution >= 0.6 is 27.5 Å². The van der Waals surface area contributed by atoms with E-state index in [0.29, 0.717) is 22.9 Å². The third kappa shape index (κ3) is 5.67. The molecule has 3 rings (SSSR count). The van der Waals surface area contributed by atoms with Crippen LogP contribution in [0.1, 0.15) is 21.5 Å². The number of rotatable bonds is 6. The van der Waals surface area contributed by atoms with Crippen molar-refractivity contribution in [3.63, 3.8) is 0 Å². The lowest BCUT2D eigenvalue weighted by Crippen LogP contribution is -2.18. The summed E-state index contributed by atoms with van der Waals surface area (Å²) in [7, 11) is 0. The minimum Gasteiger partial charge on any atom is -0.488 e. The number of nitrogens with zero attached hydrogens (tertiary/aromatic N) is 1. The molecule has 0 bridgehead atoms. The van der Waals surface area contributed by atoms with Gasteiger partial charge >= 0.3 is 0 Å². The van der Waals surface area contributed by atoms with Crippen LogP contribution in [-0.4, -0.2) is 12.1 Å². The molecule has 4 nitrogen and oxygen atoms in total. The summed E-state index contributed by atoms with van der Waals surface area (Å²) in [5.74, 6) is 0.144. The molecule has 0 aliphatic rings. The van der Waals surface area contributed by atoms with Gasteiger partial charge in [-0.2, -0.15) is 5.10 Å². The lowest BCUT2D eigenvalue weighted by molar-refractivity contribution is 0.0950. The number of carbonyl (C=O) groups is 1. The number of hydrogen-bond donors (Lipinski definition) is 1. The van der Waals surface area contributed by atoms with Gasteiger partial charge in [0.05, 0.1) is 11.8 Å². The summed E-state index contributed by atoms with van der Waals surface area (Å²) < 4.78 is 6.81. The summed E-state index contributed by atoms with van der Waals surface area (Å²) in [5, 5.41) is 4.59. The van der Waals surface area contributed by atoms with Crippen molar-refractivity contribution in [1.29, 1.82) is 0 Å². The second-order valence-electron chi connectivity index (χ2n) is 5.67. The van der Waals surface area contributed by atoms with Crippen LogP contribution in [0.3, 0.4) is 0 Å². The van der Waals surface area contributed by atoms with Crippen LogP contribution in [0, 0.1) is 0 Å². The Kier molecular flexibility index (Phi) is 6.63. The topological polar surface area (TPSA) is 50.7 Å². The Bertz CT molecular complexity index is 976. The van der Waals surface area contributed by atoms with Crippen molar-refractivity contribution < 1.29 is 9.53 Å². The molecule has 0 aliphatic carbocycles. The molecular weight excluding hydrogens is 428 g/mol. The van der Waals surface area contributed by atoms with Crippen LogP contribution < -0.4 is 10.2 Å². The van der Waals surface area contributed by atoms with Gasteiger partial charge in [-0.25, -0.2) is 5.43 Å². The number of halogens is 2. The van der Waals surface area contributed by atoms with Crippen molar-refractivity contribution in [1.82, 2.24) is 5.43 Å². The van der Waals surface area contributed by atoms with E-state index < -0.39 is 0 Å². The van der Waals surface area contributed by atoms with Gasteiger partial charge in [-0.15, -0.1) is 0 Å². The van der Waals surface area contributed by atoms with Gasteiger partial charge in [-0.1, -0.05) is 63.9 Å². The molecule has 0 aromatic heterocycles. The number of carbonyl (C=O) groups excluding carboxylic acids is 1. The van der Waals surface area contributed by atoms with Crippen molar-refractivity contribution in [2.45, 2.75) is 6.61 Å². The summed E-state index contributed by atoms with van der Waals surface area (Å²) in [6, 6.07) is 22.1. The first kappa shape index (κ1) is 19.1. The second-order valence-corrected chi connectivity index (χ2v) is 7.02. The molecule has 0 saturated carbocycles. The van der Waals surface area contributed by atoms with E-state index in [1.807, 2.05) is 42.5 Å². The highest BCUT2D eigenvalue weighted by Crippen LogP contribution is 2.20. The molecule has 0 radical (unpaired) electrons. The van der Waals surface area contributed by atoms with Crippen molar-refractivity contribution in [3.05, 3.63) is 99.0 Å². The molecule has 0 unspecified atom stereocenters. The van der Waals surface area contributed by atoms with Crippen molar-refractivity contribution in [2.75, 3.05) is 0 Å². The first-order valence-electron chi connectivity index (χ1n) is 8.17. The highest BCUT2D eigenvalue weighted by molar-refractivity contribution is 9.10. The average molecular weight is 444 g/mol. The van der Waals surface area contributed by atoms with E-state index >= 15 is 0 Å². The van der Waals surface area contributed by atoms with Gasteiger partial charge in [-0.3, -0.25) is 4.79 Å². The minimum atomic E-state index is -0.349. The molecule has 27 heavy (non-hydrogen) atoms. The average Bonchev–Trinajstić information content (AvgIpc) is 2.67. The van der Waals surface area contributed by atoms with Gasteiger partial charge in [0.25, 0.3) is 5.91 Å². The fraction of sp³-hybridized carbons (Fsp3) is 0.0476. The van der Waals surface area contributed by atoms with Crippen LogP contribution in [0.5, 0.6) is 5.75 Å². The molecule has 0 saturated heterocycles. The van der Waals surface area contributed by atoms with E-state index in [-0.39, 0.29) is 5.91 Å². The largest absolute Gasteiger partial charge is 0.488 e. The Morgan fingerprint density at radius 3 is 2.70 bits per heavy atom. The summed E-state index contributed by atoms with van der Waals surface area (Å²) in [4.78, 5) is 12.4. The zero-order valence-electron chi connectivity index (χ0n) is 14.2. The van der Waals surface area contributed by atoms with E-state index in [1.165, 1.54) is 6.21 Å². The zero-order valence-corrected chi connectivity index (χ0v) is 16.6. The maximum Gasteiger partial charge on any atom is 0.275 e. The third-order valence-electron chi connectivity index (χ3n) is 3.64. The summed E-state index contributed by atoms with van der Waals surface area (Å²) in [6.07, 6.45) is 1.54. The van der Waals surface area contributed by atoms with Gasteiger partial charge in [-0.05, 0) is 47.5 Å². The number of hydrogen-bond acceptors (Lipinski definition) is 3. The lowest BCUT2D eigenvalue weighted by Gasteiger charge is -2.10. The van der Waals surface area contributed by atoms with Gasteiger partial charge in [0.2, 0.25) is 0 Å². The molecule has 3 aromatic rings. The molecular formula is C21H16BrClN2O2. The van der Waals surface area contributed by atoms with Crippen LogP contribution in [0.25, 0.3) is 0 Å². The van der Waals surface area contributed by atoms with E-state index in [4.69, 9.17) is 16.3 Å². The number of hydrazone groups is 1. The monoisotopic (exact) mass is 442 g/mol. The molecule has 0 aliphatic heterocycles. The quantitative estimate of drug-likeness (QED) is 0.407. The first-order chi connectivity index (χ1) is 13.1. The maximum absolute atomic E-state index is 12.4. The zero-order chi connectivity index (χ0) is 19.1. The number of benzene rings is 3. The van der Waals surface area contributed by atoms with E-state index in [9.17, 15) is 4.79 Å². The molecule has 3 aromatic carbocycles. The Morgan fingerprint density at radius 1 is 1.07 bits per heavy atom. The predicted octanol–water partition coefficient (Wildman–Crippen LogP) is 5.45. The van der Waals surface area contributed by atoms with Crippen molar-refractivity contribution >= 4 is 39.7 Å². The van der Waals surface area contributed by atoms with Crippen LogP contribution in [0.2, 0.25) is 5.02 Å².